The molecule has 0 saturated carbocycles. The van der Waals surface area contributed by atoms with Crippen molar-refractivity contribution in [2.24, 2.45) is 5.73 Å². The van der Waals surface area contributed by atoms with Crippen LogP contribution in [-0.2, 0) is 11.2 Å². The number of nitrogens with zero attached hydrogens (tertiary/aromatic N) is 3. The maximum absolute atomic E-state index is 12.2. The fourth-order valence-corrected chi connectivity index (χ4v) is 2.22. The lowest BCUT2D eigenvalue weighted by Crippen LogP contribution is -2.37. The molecule has 1 amide bonds. The van der Waals surface area contributed by atoms with Gasteiger partial charge in [0.05, 0.1) is 6.04 Å². The predicted molar refractivity (Wildman–Crippen MR) is 86.4 cm³/mol. The second-order valence-electron chi connectivity index (χ2n) is 5.10. The van der Waals surface area contributed by atoms with Gasteiger partial charge < -0.3 is 11.1 Å². The zero-order valence-corrected chi connectivity index (χ0v) is 12.3. The SMILES string of the molecule is N[C@@H](Cc1ccccc1)C(=O)Nc1cccc(-c2nn[nH]n2)c1. The average Bonchev–Trinajstić information content (AvgIpc) is 3.10. The van der Waals surface area contributed by atoms with Gasteiger partial charge in [0.2, 0.25) is 11.7 Å². The maximum atomic E-state index is 12.2. The van der Waals surface area contributed by atoms with Crippen molar-refractivity contribution < 1.29 is 4.79 Å². The van der Waals surface area contributed by atoms with Crippen molar-refractivity contribution in [3.63, 3.8) is 0 Å². The van der Waals surface area contributed by atoms with Crippen molar-refractivity contribution in [1.82, 2.24) is 20.6 Å². The summed E-state index contributed by atoms with van der Waals surface area (Å²) in [6.45, 7) is 0. The van der Waals surface area contributed by atoms with Crippen molar-refractivity contribution >= 4 is 11.6 Å². The largest absolute Gasteiger partial charge is 0.325 e. The van der Waals surface area contributed by atoms with Gasteiger partial charge in [-0.25, -0.2) is 0 Å². The average molecular weight is 308 g/mol. The zero-order valence-electron chi connectivity index (χ0n) is 12.3. The molecule has 7 heteroatoms. The highest BCUT2D eigenvalue weighted by molar-refractivity contribution is 5.95. The van der Waals surface area contributed by atoms with Crippen molar-refractivity contribution in [3.05, 3.63) is 60.2 Å². The molecule has 0 aliphatic heterocycles. The minimum atomic E-state index is -0.619. The Morgan fingerprint density at radius 2 is 2.00 bits per heavy atom. The number of hydrogen-bond donors (Lipinski definition) is 3. The lowest BCUT2D eigenvalue weighted by atomic mass is 10.1. The number of carbonyl (C=O) groups excluding carboxylic acids is 1. The van der Waals surface area contributed by atoms with Crippen molar-refractivity contribution in [2.75, 3.05) is 5.32 Å². The molecule has 1 atom stereocenters. The van der Waals surface area contributed by atoms with Crippen LogP contribution in [0, 0.1) is 0 Å². The molecule has 1 aromatic heterocycles. The lowest BCUT2D eigenvalue weighted by Gasteiger charge is -2.12. The molecule has 7 nitrogen and oxygen atoms in total. The molecule has 3 aromatic rings. The first-order chi connectivity index (χ1) is 11.2. The number of hydrogen-bond acceptors (Lipinski definition) is 5. The van der Waals surface area contributed by atoms with E-state index in [1.807, 2.05) is 42.5 Å². The highest BCUT2D eigenvalue weighted by atomic mass is 16.2. The Morgan fingerprint density at radius 3 is 2.74 bits per heavy atom. The highest BCUT2D eigenvalue weighted by Gasteiger charge is 2.14. The second-order valence-corrected chi connectivity index (χ2v) is 5.10. The van der Waals surface area contributed by atoms with Crippen LogP contribution in [0.15, 0.2) is 54.6 Å². The monoisotopic (exact) mass is 308 g/mol. The number of H-pyrrole nitrogens is 1. The van der Waals surface area contributed by atoms with Crippen molar-refractivity contribution in [1.29, 1.82) is 0 Å². The Labute approximate surface area is 132 Å². The third-order valence-corrected chi connectivity index (χ3v) is 3.37. The topological polar surface area (TPSA) is 110 Å². The maximum Gasteiger partial charge on any atom is 0.241 e. The van der Waals surface area contributed by atoms with E-state index >= 15 is 0 Å². The molecule has 0 fully saturated rings. The van der Waals surface area contributed by atoms with Gasteiger partial charge in [-0.15, -0.1) is 10.2 Å². The molecule has 0 unspecified atom stereocenters. The standard InChI is InChI=1S/C16H16N6O/c17-14(9-11-5-2-1-3-6-11)16(23)18-13-8-4-7-12(10-13)15-19-21-22-20-15/h1-8,10,14H,9,17H2,(H,18,23)(H,19,20,21,22)/t14-/m0/s1. The molecular formula is C16H16N6O. The lowest BCUT2D eigenvalue weighted by molar-refractivity contribution is -0.117. The summed E-state index contributed by atoms with van der Waals surface area (Å²) in [5, 5.41) is 16.6. The fourth-order valence-electron chi connectivity index (χ4n) is 2.22. The molecule has 0 radical (unpaired) electrons. The first-order valence-corrected chi connectivity index (χ1v) is 7.16. The summed E-state index contributed by atoms with van der Waals surface area (Å²) < 4.78 is 0. The van der Waals surface area contributed by atoms with Crippen molar-refractivity contribution in [3.8, 4) is 11.4 Å². The van der Waals surface area contributed by atoms with Gasteiger partial charge in [-0.3, -0.25) is 4.79 Å². The van der Waals surface area contributed by atoms with Crippen LogP contribution < -0.4 is 11.1 Å². The number of anilines is 1. The number of nitrogens with one attached hydrogen (secondary N) is 2. The van der Waals surface area contributed by atoms with E-state index in [9.17, 15) is 4.79 Å². The molecule has 0 bridgehead atoms. The number of carbonyl (C=O) groups is 1. The summed E-state index contributed by atoms with van der Waals surface area (Å²) in [7, 11) is 0. The van der Waals surface area contributed by atoms with Crippen molar-refractivity contribution in [2.45, 2.75) is 12.5 Å². The van der Waals surface area contributed by atoms with Crippen LogP contribution >= 0.6 is 0 Å². The molecular weight excluding hydrogens is 292 g/mol. The summed E-state index contributed by atoms with van der Waals surface area (Å²) in [5.41, 5.74) is 8.40. The summed E-state index contributed by atoms with van der Waals surface area (Å²) in [4.78, 5) is 12.2. The van der Waals surface area contributed by atoms with Gasteiger partial charge in [0.15, 0.2) is 0 Å². The molecule has 0 saturated heterocycles. The number of tetrazole rings is 1. The number of nitrogens with two attached hydrogens (primary N) is 1. The Bertz CT molecular complexity index is 772. The second kappa shape index (κ2) is 6.80. The van der Waals surface area contributed by atoms with Gasteiger partial charge in [0.1, 0.15) is 0 Å². The Morgan fingerprint density at radius 1 is 1.17 bits per heavy atom. The van der Waals surface area contributed by atoms with E-state index in [1.54, 1.807) is 12.1 Å². The molecule has 23 heavy (non-hydrogen) atoms. The smallest absolute Gasteiger partial charge is 0.241 e. The number of amides is 1. The van der Waals surface area contributed by atoms with E-state index < -0.39 is 6.04 Å². The summed E-state index contributed by atoms with van der Waals surface area (Å²) >= 11 is 0. The van der Waals surface area contributed by atoms with E-state index in [-0.39, 0.29) is 5.91 Å². The number of benzene rings is 2. The quantitative estimate of drug-likeness (QED) is 0.659. The predicted octanol–water partition coefficient (Wildman–Crippen LogP) is 1.38. The van der Waals surface area contributed by atoms with E-state index in [2.05, 4.69) is 25.9 Å². The Balaban J connectivity index is 1.67. The van der Waals surface area contributed by atoms with E-state index in [0.29, 0.717) is 17.9 Å². The van der Waals surface area contributed by atoms with Crippen LogP contribution in [0.1, 0.15) is 5.56 Å². The molecule has 4 N–H and O–H groups in total. The summed E-state index contributed by atoms with van der Waals surface area (Å²) in [6, 6.07) is 16.3. The first kappa shape index (κ1) is 14.9. The minimum Gasteiger partial charge on any atom is -0.325 e. The molecule has 0 aliphatic carbocycles. The molecule has 0 spiro atoms. The van der Waals surface area contributed by atoms with Gasteiger partial charge in [0, 0.05) is 11.3 Å². The molecule has 2 aromatic carbocycles. The van der Waals surface area contributed by atoms with Crippen LogP contribution in [0.2, 0.25) is 0 Å². The molecule has 0 aliphatic rings. The van der Waals surface area contributed by atoms with Crippen LogP contribution in [0.25, 0.3) is 11.4 Å². The normalized spacial score (nSPS) is 11.9. The third kappa shape index (κ3) is 3.78. The van der Waals surface area contributed by atoms with Gasteiger partial charge in [0.25, 0.3) is 0 Å². The van der Waals surface area contributed by atoms with Gasteiger partial charge in [-0.05, 0) is 29.3 Å². The Kier molecular flexibility index (Phi) is 4.39. The van der Waals surface area contributed by atoms with Gasteiger partial charge in [-0.1, -0.05) is 42.5 Å². The molecule has 3 rings (SSSR count). The number of aromatic amines is 1. The van der Waals surface area contributed by atoms with Crippen LogP contribution in [-0.4, -0.2) is 32.6 Å². The van der Waals surface area contributed by atoms with Gasteiger partial charge >= 0.3 is 0 Å². The minimum absolute atomic E-state index is 0.237. The van der Waals surface area contributed by atoms with Crippen LogP contribution in [0.4, 0.5) is 5.69 Å². The summed E-state index contributed by atoms with van der Waals surface area (Å²) in [5.74, 6) is 0.230. The third-order valence-electron chi connectivity index (χ3n) is 3.37. The van der Waals surface area contributed by atoms with E-state index in [0.717, 1.165) is 11.1 Å². The zero-order chi connectivity index (χ0) is 16.1. The summed E-state index contributed by atoms with van der Waals surface area (Å²) in [6.07, 6.45) is 0.483. The van der Waals surface area contributed by atoms with Crippen LogP contribution in [0.5, 0.6) is 0 Å². The molecule has 1 heterocycles. The van der Waals surface area contributed by atoms with Gasteiger partial charge in [-0.2, -0.15) is 5.21 Å². The Hall–Kier alpha value is -3.06. The molecule has 116 valence electrons. The first-order valence-electron chi connectivity index (χ1n) is 7.16. The van der Waals surface area contributed by atoms with E-state index in [4.69, 9.17) is 5.73 Å². The number of rotatable bonds is 5. The van der Waals surface area contributed by atoms with Crippen LogP contribution in [0.3, 0.4) is 0 Å². The highest BCUT2D eigenvalue weighted by Crippen LogP contribution is 2.18. The van der Waals surface area contributed by atoms with E-state index in [1.165, 1.54) is 0 Å². The number of aromatic nitrogens is 4. The fraction of sp³-hybridized carbons (Fsp3) is 0.125.